The van der Waals surface area contributed by atoms with Crippen LogP contribution >= 0.6 is 15.9 Å². The number of hydrogen-bond donors (Lipinski definition) is 0. The van der Waals surface area contributed by atoms with Crippen LogP contribution in [0.4, 0.5) is 0 Å². The second-order valence-corrected chi connectivity index (χ2v) is 8.35. The maximum atomic E-state index is 12.7. The number of benzene rings is 2. The molecule has 0 saturated carbocycles. The van der Waals surface area contributed by atoms with Gasteiger partial charge in [0.2, 0.25) is 0 Å². The van der Waals surface area contributed by atoms with Crippen LogP contribution in [0.15, 0.2) is 59.1 Å². The van der Waals surface area contributed by atoms with Crippen LogP contribution in [0.1, 0.15) is 43.6 Å². The van der Waals surface area contributed by atoms with Gasteiger partial charge in [-0.25, -0.2) is 0 Å². The number of rotatable bonds is 7. The van der Waals surface area contributed by atoms with E-state index >= 15 is 0 Å². The van der Waals surface area contributed by atoms with E-state index in [4.69, 9.17) is 4.74 Å². The quantitative estimate of drug-likeness (QED) is 0.463. The fourth-order valence-electron chi connectivity index (χ4n) is 2.61. The lowest BCUT2D eigenvalue weighted by Gasteiger charge is -2.30. The van der Waals surface area contributed by atoms with Gasteiger partial charge in [-0.05, 0) is 39.3 Å². The van der Waals surface area contributed by atoms with Gasteiger partial charge in [0.15, 0.2) is 5.78 Å². The molecule has 144 valence electrons. The smallest absolute Gasteiger partial charge is 0.323 e. The Morgan fingerprint density at radius 3 is 2.22 bits per heavy atom. The Balaban J connectivity index is 2.23. The molecule has 0 heterocycles. The fraction of sp³-hybridized carbons (Fsp3) is 0.364. The van der Waals surface area contributed by atoms with E-state index in [9.17, 15) is 9.59 Å². The van der Waals surface area contributed by atoms with E-state index < -0.39 is 11.6 Å². The summed E-state index contributed by atoms with van der Waals surface area (Å²) in [4.78, 5) is 27.2. The van der Waals surface area contributed by atoms with Crippen molar-refractivity contribution >= 4 is 27.7 Å². The molecule has 0 saturated heterocycles. The van der Waals surface area contributed by atoms with Gasteiger partial charge < -0.3 is 4.74 Å². The van der Waals surface area contributed by atoms with Crippen LogP contribution in [-0.2, 0) is 16.1 Å². The number of nitrogens with zero attached hydrogens (tertiary/aromatic N) is 1. The van der Waals surface area contributed by atoms with Crippen LogP contribution in [0.5, 0.6) is 0 Å². The molecular formula is C22H26BrNO3. The summed E-state index contributed by atoms with van der Waals surface area (Å²) in [5, 5.41) is 0. The van der Waals surface area contributed by atoms with E-state index in [1.807, 2.05) is 68.1 Å². The number of ketones is 1. The summed E-state index contributed by atoms with van der Waals surface area (Å²) in [6.45, 7) is 7.88. The largest absolute Gasteiger partial charge is 0.459 e. The summed E-state index contributed by atoms with van der Waals surface area (Å²) in [7, 11) is 0. The predicted octanol–water partition coefficient (Wildman–Crippen LogP) is 4.86. The van der Waals surface area contributed by atoms with Gasteiger partial charge in [0, 0.05) is 16.6 Å². The zero-order chi connectivity index (χ0) is 20.0. The minimum Gasteiger partial charge on any atom is -0.459 e. The molecule has 2 aromatic rings. The molecule has 5 heteroatoms. The van der Waals surface area contributed by atoms with E-state index in [1.165, 1.54) is 0 Å². The van der Waals surface area contributed by atoms with Crippen molar-refractivity contribution in [2.75, 3.05) is 6.54 Å². The van der Waals surface area contributed by atoms with E-state index in [1.54, 1.807) is 19.1 Å². The lowest BCUT2D eigenvalue weighted by atomic mass is 10.1. The number of carbonyl (C=O) groups excluding carboxylic acids is 2. The van der Waals surface area contributed by atoms with Crippen molar-refractivity contribution in [2.45, 2.75) is 45.9 Å². The Bertz CT molecular complexity index is 784. The molecule has 0 radical (unpaired) electrons. The third kappa shape index (κ3) is 6.60. The highest BCUT2D eigenvalue weighted by atomic mass is 79.9. The molecule has 0 N–H and O–H groups in total. The van der Waals surface area contributed by atoms with Gasteiger partial charge in [0.25, 0.3) is 0 Å². The van der Waals surface area contributed by atoms with Gasteiger partial charge in [0.05, 0.1) is 6.54 Å². The average molecular weight is 432 g/mol. The van der Waals surface area contributed by atoms with Gasteiger partial charge in [-0.2, -0.15) is 0 Å². The SMILES string of the molecule is C[C@@H](C(=O)OC(C)(C)C)N(CC(=O)c1ccccc1)Cc1ccccc1Br. The third-order valence-electron chi connectivity index (χ3n) is 4.07. The lowest BCUT2D eigenvalue weighted by Crippen LogP contribution is -2.44. The molecule has 4 nitrogen and oxygen atoms in total. The molecule has 0 spiro atoms. The van der Waals surface area contributed by atoms with Gasteiger partial charge in [-0.1, -0.05) is 64.5 Å². The molecule has 27 heavy (non-hydrogen) atoms. The van der Waals surface area contributed by atoms with Crippen molar-refractivity contribution in [3.63, 3.8) is 0 Å². The van der Waals surface area contributed by atoms with Gasteiger partial charge >= 0.3 is 5.97 Å². The van der Waals surface area contributed by atoms with Crippen LogP contribution in [0.3, 0.4) is 0 Å². The van der Waals surface area contributed by atoms with Crippen molar-refractivity contribution in [1.82, 2.24) is 4.90 Å². The van der Waals surface area contributed by atoms with E-state index in [0.29, 0.717) is 12.1 Å². The second-order valence-electron chi connectivity index (χ2n) is 7.50. The second kappa shape index (κ2) is 9.29. The predicted molar refractivity (Wildman–Crippen MR) is 111 cm³/mol. The highest BCUT2D eigenvalue weighted by molar-refractivity contribution is 9.10. The summed E-state index contributed by atoms with van der Waals surface area (Å²) < 4.78 is 6.48. The molecule has 0 bridgehead atoms. The molecule has 0 aliphatic rings. The minimum absolute atomic E-state index is 0.0296. The van der Waals surface area contributed by atoms with Gasteiger partial charge in [-0.15, -0.1) is 0 Å². The number of hydrogen-bond acceptors (Lipinski definition) is 4. The van der Waals surface area contributed by atoms with Gasteiger partial charge in [-0.3, -0.25) is 14.5 Å². The monoisotopic (exact) mass is 431 g/mol. The number of Topliss-reactive ketones (excluding diaryl/α,β-unsaturated/α-hetero) is 1. The summed E-state index contributed by atoms with van der Waals surface area (Å²) >= 11 is 3.54. The van der Waals surface area contributed by atoms with Crippen LogP contribution < -0.4 is 0 Å². The molecule has 0 unspecified atom stereocenters. The van der Waals surface area contributed by atoms with Crippen molar-refractivity contribution in [3.8, 4) is 0 Å². The van der Waals surface area contributed by atoms with Crippen LogP contribution in [-0.4, -0.2) is 34.8 Å². The Morgan fingerprint density at radius 1 is 1.04 bits per heavy atom. The maximum absolute atomic E-state index is 12.7. The van der Waals surface area contributed by atoms with Crippen LogP contribution in [0.25, 0.3) is 0 Å². The number of ether oxygens (including phenoxy) is 1. The molecule has 1 atom stereocenters. The first-order chi connectivity index (χ1) is 12.7. The number of carbonyl (C=O) groups is 2. The van der Waals surface area contributed by atoms with Crippen molar-refractivity contribution in [3.05, 3.63) is 70.2 Å². The summed E-state index contributed by atoms with van der Waals surface area (Å²) in [5.41, 5.74) is 1.06. The van der Waals surface area contributed by atoms with Crippen LogP contribution in [0, 0.1) is 0 Å². The van der Waals surface area contributed by atoms with E-state index in [-0.39, 0.29) is 18.3 Å². The first kappa shape index (κ1) is 21.3. The molecular weight excluding hydrogens is 406 g/mol. The normalized spacial score (nSPS) is 12.7. The molecule has 0 fully saturated rings. The molecule has 2 aromatic carbocycles. The fourth-order valence-corrected chi connectivity index (χ4v) is 3.02. The van der Waals surface area contributed by atoms with E-state index in [0.717, 1.165) is 10.0 Å². The van der Waals surface area contributed by atoms with Crippen molar-refractivity contribution in [2.24, 2.45) is 0 Å². The first-order valence-corrected chi connectivity index (χ1v) is 9.75. The zero-order valence-corrected chi connectivity index (χ0v) is 17.8. The summed E-state index contributed by atoms with van der Waals surface area (Å²) in [6, 6.07) is 16.4. The maximum Gasteiger partial charge on any atom is 0.323 e. The number of halogens is 1. The molecule has 0 aliphatic carbocycles. The molecule has 0 aliphatic heterocycles. The Morgan fingerprint density at radius 2 is 1.63 bits per heavy atom. The first-order valence-electron chi connectivity index (χ1n) is 8.96. The standard InChI is InChI=1S/C22H26BrNO3/c1-16(21(26)27-22(2,3)4)24(14-18-12-8-9-13-19(18)23)15-20(25)17-10-6-5-7-11-17/h5-13,16H,14-15H2,1-4H3/t16-/m0/s1. The van der Waals surface area contributed by atoms with Crippen LogP contribution in [0.2, 0.25) is 0 Å². The summed E-state index contributed by atoms with van der Waals surface area (Å²) in [6.07, 6.45) is 0. The third-order valence-corrected chi connectivity index (χ3v) is 4.84. The Labute approximate surface area is 169 Å². The lowest BCUT2D eigenvalue weighted by molar-refractivity contribution is -0.160. The highest BCUT2D eigenvalue weighted by Gasteiger charge is 2.28. The van der Waals surface area contributed by atoms with Crippen molar-refractivity contribution in [1.29, 1.82) is 0 Å². The summed E-state index contributed by atoms with van der Waals surface area (Å²) in [5.74, 6) is -0.367. The Hall–Kier alpha value is -1.98. The van der Waals surface area contributed by atoms with Gasteiger partial charge in [0.1, 0.15) is 11.6 Å². The zero-order valence-electron chi connectivity index (χ0n) is 16.2. The number of esters is 1. The highest BCUT2D eigenvalue weighted by Crippen LogP contribution is 2.20. The molecule has 2 rings (SSSR count). The Kier molecular flexibility index (Phi) is 7.33. The molecule has 0 amide bonds. The van der Waals surface area contributed by atoms with E-state index in [2.05, 4.69) is 15.9 Å². The topological polar surface area (TPSA) is 46.6 Å². The molecule has 0 aromatic heterocycles. The minimum atomic E-state index is -0.576. The van der Waals surface area contributed by atoms with Crippen molar-refractivity contribution < 1.29 is 14.3 Å². The average Bonchev–Trinajstić information content (AvgIpc) is 2.61.